The second-order valence-electron chi connectivity index (χ2n) is 13.3. The second-order valence-corrected chi connectivity index (χ2v) is 14.3. The Bertz CT molecular complexity index is 2650. The van der Waals surface area contributed by atoms with E-state index in [9.17, 15) is 0 Å². The fourth-order valence-electron chi connectivity index (χ4n) is 8.38. The van der Waals surface area contributed by atoms with E-state index in [-0.39, 0.29) is 0 Å². The molecule has 0 fully saturated rings. The fourth-order valence-corrected chi connectivity index (χ4v) is 9.69. The molecule has 1 aromatic heterocycles. The highest BCUT2D eigenvalue weighted by atomic mass is 32.1. The average Bonchev–Trinajstić information content (AvgIpc) is 3.73. The van der Waals surface area contributed by atoms with Crippen LogP contribution in [-0.4, -0.2) is 0 Å². The van der Waals surface area contributed by atoms with E-state index in [0.717, 1.165) is 17.1 Å². The summed E-state index contributed by atoms with van der Waals surface area (Å²) in [6.07, 6.45) is 0. The molecule has 0 N–H and O–H groups in total. The van der Waals surface area contributed by atoms with Crippen LogP contribution in [0.4, 0.5) is 17.1 Å². The van der Waals surface area contributed by atoms with Gasteiger partial charge in [-0.2, -0.15) is 0 Å². The Morgan fingerprint density at radius 3 is 1.65 bits per heavy atom. The summed E-state index contributed by atoms with van der Waals surface area (Å²) in [7, 11) is 0. The Balaban J connectivity index is 1.20. The number of benzene rings is 8. The Morgan fingerprint density at radius 2 is 0.922 bits per heavy atom. The van der Waals surface area contributed by atoms with E-state index in [1.807, 2.05) is 11.3 Å². The van der Waals surface area contributed by atoms with Crippen molar-refractivity contribution in [3.63, 3.8) is 0 Å². The number of anilines is 3. The van der Waals surface area contributed by atoms with Gasteiger partial charge in [0, 0.05) is 37.2 Å². The van der Waals surface area contributed by atoms with Crippen molar-refractivity contribution in [3.05, 3.63) is 222 Å². The molecule has 0 radical (unpaired) electrons. The number of fused-ring (bicyclic) bond motifs is 6. The Labute approximate surface area is 302 Å². The van der Waals surface area contributed by atoms with Crippen LogP contribution in [0, 0.1) is 0 Å². The maximum atomic E-state index is 2.39. The summed E-state index contributed by atoms with van der Waals surface area (Å²) in [6.45, 7) is 0. The van der Waals surface area contributed by atoms with Gasteiger partial charge in [-0.3, -0.25) is 0 Å². The zero-order valence-corrected chi connectivity index (χ0v) is 28.7. The maximum Gasteiger partial charge on any atom is 0.0727 e. The molecule has 1 nitrogen and oxygen atoms in total. The molecule has 2 heteroatoms. The van der Waals surface area contributed by atoms with Gasteiger partial charge in [0.05, 0.1) is 5.41 Å². The minimum atomic E-state index is -0.439. The smallest absolute Gasteiger partial charge is 0.0727 e. The lowest BCUT2D eigenvalue weighted by Crippen LogP contribution is -2.28. The number of para-hydroxylation sites is 1. The van der Waals surface area contributed by atoms with Crippen molar-refractivity contribution in [1.29, 1.82) is 0 Å². The van der Waals surface area contributed by atoms with Gasteiger partial charge in [0.15, 0.2) is 0 Å². The molecule has 0 aliphatic heterocycles. The monoisotopic (exact) mass is 667 g/mol. The highest BCUT2D eigenvalue weighted by molar-refractivity contribution is 7.26. The van der Waals surface area contributed by atoms with Crippen LogP contribution >= 0.6 is 11.3 Å². The van der Waals surface area contributed by atoms with Crippen molar-refractivity contribution in [2.24, 2.45) is 0 Å². The van der Waals surface area contributed by atoms with Gasteiger partial charge in [-0.05, 0) is 80.9 Å². The predicted octanol–water partition coefficient (Wildman–Crippen LogP) is 13.6. The second kappa shape index (κ2) is 12.0. The first-order valence-corrected chi connectivity index (χ1v) is 18.3. The number of thiophene rings is 1. The maximum absolute atomic E-state index is 2.39. The molecular formula is C49H33NS. The lowest BCUT2D eigenvalue weighted by atomic mass is 9.67. The lowest BCUT2D eigenvalue weighted by Gasteiger charge is -2.34. The average molecular weight is 668 g/mol. The minimum Gasteiger partial charge on any atom is -0.310 e. The van der Waals surface area contributed by atoms with Gasteiger partial charge in [-0.15, -0.1) is 11.3 Å². The number of nitrogens with zero attached hydrogens (tertiary/aromatic N) is 1. The van der Waals surface area contributed by atoms with Crippen LogP contribution < -0.4 is 4.90 Å². The first-order chi connectivity index (χ1) is 25.3. The van der Waals surface area contributed by atoms with Crippen LogP contribution in [0.5, 0.6) is 0 Å². The zero-order valence-electron chi connectivity index (χ0n) is 27.9. The largest absolute Gasteiger partial charge is 0.310 e. The van der Waals surface area contributed by atoms with Crippen molar-refractivity contribution < 1.29 is 0 Å². The summed E-state index contributed by atoms with van der Waals surface area (Å²) in [5.41, 5.74) is 13.3. The third-order valence-corrected chi connectivity index (χ3v) is 11.7. The predicted molar refractivity (Wildman–Crippen MR) is 217 cm³/mol. The highest BCUT2D eigenvalue weighted by Gasteiger charge is 2.46. The third-order valence-electron chi connectivity index (χ3n) is 10.5. The molecule has 0 amide bonds. The van der Waals surface area contributed by atoms with Crippen LogP contribution in [-0.2, 0) is 5.41 Å². The Morgan fingerprint density at radius 1 is 0.373 bits per heavy atom. The molecule has 240 valence electrons. The van der Waals surface area contributed by atoms with Gasteiger partial charge in [0.2, 0.25) is 0 Å². The molecule has 8 aromatic carbocycles. The van der Waals surface area contributed by atoms with Gasteiger partial charge < -0.3 is 4.90 Å². The number of hydrogen-bond donors (Lipinski definition) is 0. The van der Waals surface area contributed by atoms with Crippen LogP contribution in [0.3, 0.4) is 0 Å². The molecule has 9 aromatic rings. The summed E-state index contributed by atoms with van der Waals surface area (Å²) in [6, 6.07) is 73.3. The normalized spacial score (nSPS) is 12.9. The summed E-state index contributed by atoms with van der Waals surface area (Å²) in [5, 5.41) is 2.59. The Kier molecular flexibility index (Phi) is 6.97. The van der Waals surface area contributed by atoms with Crippen molar-refractivity contribution in [1.82, 2.24) is 0 Å². The van der Waals surface area contributed by atoms with E-state index in [0.29, 0.717) is 0 Å². The number of rotatable bonds is 6. The standard InChI is InChI=1S/C49H33NS/c1-4-16-34(17-5-1)35-18-14-23-38(32-35)50(37-21-8-3-9-22-37)39-30-31-42-43-26-15-29-46(48(43)51-47(42)33-39)49(36-19-6-2-7-20-36)44-27-12-10-24-40(44)41-25-11-13-28-45(41)49/h1-33H. The molecule has 0 unspecified atom stereocenters. The van der Waals surface area contributed by atoms with Crippen LogP contribution in [0.25, 0.3) is 42.4 Å². The van der Waals surface area contributed by atoms with E-state index in [2.05, 4.69) is 205 Å². The SMILES string of the molecule is c1ccc(-c2cccc(N(c3ccccc3)c3ccc4c(c3)sc3c(C5(c6ccccc6)c6ccccc6-c6ccccc65)cccc34)c2)cc1. The van der Waals surface area contributed by atoms with Gasteiger partial charge in [0.1, 0.15) is 0 Å². The molecule has 1 heterocycles. The van der Waals surface area contributed by atoms with Crippen molar-refractivity contribution in [2.45, 2.75) is 5.41 Å². The van der Waals surface area contributed by atoms with Crippen LogP contribution in [0.2, 0.25) is 0 Å². The zero-order chi connectivity index (χ0) is 33.8. The number of hydrogen-bond acceptors (Lipinski definition) is 2. The van der Waals surface area contributed by atoms with Gasteiger partial charge in [-0.1, -0.05) is 164 Å². The first kappa shape index (κ1) is 29.7. The molecule has 0 saturated heterocycles. The topological polar surface area (TPSA) is 3.24 Å². The van der Waals surface area contributed by atoms with Crippen molar-refractivity contribution in [2.75, 3.05) is 4.90 Å². The van der Waals surface area contributed by atoms with Gasteiger partial charge in [0.25, 0.3) is 0 Å². The van der Waals surface area contributed by atoms with Crippen molar-refractivity contribution >= 4 is 48.6 Å². The molecule has 0 atom stereocenters. The molecule has 1 aliphatic carbocycles. The molecular weight excluding hydrogens is 635 g/mol. The first-order valence-electron chi connectivity index (χ1n) is 17.5. The molecule has 0 bridgehead atoms. The van der Waals surface area contributed by atoms with Crippen LogP contribution in [0.1, 0.15) is 22.3 Å². The van der Waals surface area contributed by atoms with Gasteiger partial charge in [-0.25, -0.2) is 0 Å². The van der Waals surface area contributed by atoms with E-state index in [1.165, 1.54) is 64.7 Å². The Hall–Kier alpha value is -6.22. The minimum absolute atomic E-state index is 0.439. The quantitative estimate of drug-likeness (QED) is 0.171. The summed E-state index contributed by atoms with van der Waals surface area (Å²) >= 11 is 1.91. The van der Waals surface area contributed by atoms with E-state index < -0.39 is 5.41 Å². The molecule has 10 rings (SSSR count). The van der Waals surface area contributed by atoms with Gasteiger partial charge >= 0.3 is 0 Å². The van der Waals surface area contributed by atoms with E-state index in [4.69, 9.17) is 0 Å². The van der Waals surface area contributed by atoms with Crippen molar-refractivity contribution in [3.8, 4) is 22.3 Å². The van der Waals surface area contributed by atoms with Crippen LogP contribution in [0.15, 0.2) is 200 Å². The van der Waals surface area contributed by atoms with E-state index in [1.54, 1.807) is 0 Å². The molecule has 51 heavy (non-hydrogen) atoms. The summed E-state index contributed by atoms with van der Waals surface area (Å²) < 4.78 is 2.61. The molecule has 0 spiro atoms. The summed E-state index contributed by atoms with van der Waals surface area (Å²) in [4.78, 5) is 2.38. The molecule has 1 aliphatic rings. The molecule has 0 saturated carbocycles. The van der Waals surface area contributed by atoms with E-state index >= 15 is 0 Å². The highest BCUT2D eigenvalue weighted by Crippen LogP contribution is 2.58. The fraction of sp³-hybridized carbons (Fsp3) is 0.0204. The third kappa shape index (κ3) is 4.61. The lowest BCUT2D eigenvalue weighted by molar-refractivity contribution is 0.778. The summed E-state index contributed by atoms with van der Waals surface area (Å²) in [5.74, 6) is 0.